The summed E-state index contributed by atoms with van der Waals surface area (Å²) in [4.78, 5) is 38.0. The van der Waals surface area contributed by atoms with Crippen molar-refractivity contribution >= 4 is 35.2 Å². The first-order valence-corrected chi connectivity index (χ1v) is 9.32. The highest BCUT2D eigenvalue weighted by molar-refractivity contribution is 6.34. The molecule has 1 aromatic carbocycles. The molecule has 3 rings (SSSR count). The fourth-order valence-corrected chi connectivity index (χ4v) is 2.78. The second-order valence-electron chi connectivity index (χ2n) is 7.30. The first-order chi connectivity index (χ1) is 14.2. The molecule has 9 heteroatoms. The Bertz CT molecular complexity index is 1100. The van der Waals surface area contributed by atoms with Crippen LogP contribution >= 0.6 is 11.6 Å². The Morgan fingerprint density at radius 3 is 2.43 bits per heavy atom. The van der Waals surface area contributed by atoms with Gasteiger partial charge in [0.1, 0.15) is 5.60 Å². The van der Waals surface area contributed by atoms with E-state index in [-0.39, 0.29) is 11.4 Å². The molecule has 1 N–H and O–H groups in total. The lowest BCUT2D eigenvalue weighted by molar-refractivity contribution is 0.0597. The Morgan fingerprint density at radius 1 is 1.07 bits per heavy atom. The molecular formula is C21H19ClN4O4. The third kappa shape index (κ3) is 4.90. The molecule has 0 radical (unpaired) electrons. The number of anilines is 2. The zero-order chi connectivity index (χ0) is 21.9. The number of pyridine rings is 1. The SMILES string of the molecule is CC(C)(C)OC(=O)N(c1cncc(-c2cncc(C(=O)O)c2)n1)c1ccccc1Cl. The number of hydrogen-bond acceptors (Lipinski definition) is 6. The summed E-state index contributed by atoms with van der Waals surface area (Å²) in [5.41, 5.74) is 0.407. The Balaban J connectivity index is 2.10. The van der Waals surface area contributed by atoms with Gasteiger partial charge in [-0.2, -0.15) is 0 Å². The molecule has 3 aromatic rings. The van der Waals surface area contributed by atoms with Crippen molar-refractivity contribution in [1.29, 1.82) is 0 Å². The second-order valence-corrected chi connectivity index (χ2v) is 7.70. The van der Waals surface area contributed by atoms with E-state index in [0.717, 1.165) is 0 Å². The van der Waals surface area contributed by atoms with Crippen molar-refractivity contribution in [2.45, 2.75) is 26.4 Å². The topological polar surface area (TPSA) is 106 Å². The van der Waals surface area contributed by atoms with Crippen molar-refractivity contribution in [2.75, 3.05) is 4.90 Å². The van der Waals surface area contributed by atoms with E-state index >= 15 is 0 Å². The van der Waals surface area contributed by atoms with Crippen LogP contribution in [0.4, 0.5) is 16.3 Å². The van der Waals surface area contributed by atoms with Crippen LogP contribution < -0.4 is 4.90 Å². The van der Waals surface area contributed by atoms with Crippen molar-refractivity contribution in [3.05, 3.63) is 65.7 Å². The predicted molar refractivity (Wildman–Crippen MR) is 112 cm³/mol. The van der Waals surface area contributed by atoms with Gasteiger partial charge in [0.25, 0.3) is 0 Å². The van der Waals surface area contributed by atoms with E-state index in [1.165, 1.54) is 35.8 Å². The minimum atomic E-state index is -1.11. The second kappa shape index (κ2) is 8.46. The summed E-state index contributed by atoms with van der Waals surface area (Å²) in [6.45, 7) is 5.25. The largest absolute Gasteiger partial charge is 0.478 e. The number of para-hydroxylation sites is 1. The number of amides is 1. The van der Waals surface area contributed by atoms with Crippen molar-refractivity contribution < 1.29 is 19.4 Å². The number of halogens is 1. The molecular weight excluding hydrogens is 408 g/mol. The van der Waals surface area contributed by atoms with Crippen LogP contribution in [0.1, 0.15) is 31.1 Å². The van der Waals surface area contributed by atoms with Gasteiger partial charge in [-0.3, -0.25) is 9.97 Å². The summed E-state index contributed by atoms with van der Waals surface area (Å²) in [6, 6.07) is 8.20. The van der Waals surface area contributed by atoms with Crippen molar-refractivity contribution in [1.82, 2.24) is 15.0 Å². The van der Waals surface area contributed by atoms with Crippen LogP contribution in [0, 0.1) is 0 Å². The highest BCUT2D eigenvalue weighted by atomic mass is 35.5. The fraction of sp³-hybridized carbons (Fsp3) is 0.190. The van der Waals surface area contributed by atoms with Crippen molar-refractivity contribution in [3.8, 4) is 11.3 Å². The zero-order valence-electron chi connectivity index (χ0n) is 16.5. The average molecular weight is 427 g/mol. The molecule has 0 fully saturated rings. The van der Waals surface area contributed by atoms with Crippen molar-refractivity contribution in [2.24, 2.45) is 0 Å². The number of carbonyl (C=O) groups is 2. The zero-order valence-corrected chi connectivity index (χ0v) is 17.3. The fourth-order valence-electron chi connectivity index (χ4n) is 2.56. The number of rotatable bonds is 4. The molecule has 0 unspecified atom stereocenters. The number of hydrogen-bond donors (Lipinski definition) is 1. The Labute approximate surface area is 178 Å². The number of carboxylic acids is 1. The van der Waals surface area contributed by atoms with Gasteiger partial charge in [-0.15, -0.1) is 0 Å². The van der Waals surface area contributed by atoms with E-state index < -0.39 is 17.7 Å². The molecule has 0 saturated carbocycles. The molecule has 2 heterocycles. The van der Waals surface area contributed by atoms with Crippen LogP contribution in [0.15, 0.2) is 55.1 Å². The summed E-state index contributed by atoms with van der Waals surface area (Å²) in [5, 5.41) is 9.52. The van der Waals surface area contributed by atoms with Gasteiger partial charge in [0.2, 0.25) is 0 Å². The molecule has 0 aliphatic carbocycles. The lowest BCUT2D eigenvalue weighted by Crippen LogP contribution is -2.34. The molecule has 2 aromatic heterocycles. The van der Waals surface area contributed by atoms with Gasteiger partial charge >= 0.3 is 12.1 Å². The predicted octanol–water partition coefficient (Wildman–Crippen LogP) is 4.96. The molecule has 0 saturated heterocycles. The molecule has 0 spiro atoms. The molecule has 8 nitrogen and oxygen atoms in total. The minimum Gasteiger partial charge on any atom is -0.478 e. The van der Waals surface area contributed by atoms with Gasteiger partial charge in [-0.05, 0) is 39.0 Å². The molecule has 0 bridgehead atoms. The normalized spacial score (nSPS) is 11.1. The van der Waals surface area contributed by atoms with Crippen molar-refractivity contribution in [3.63, 3.8) is 0 Å². The first-order valence-electron chi connectivity index (χ1n) is 8.94. The monoisotopic (exact) mass is 426 g/mol. The highest BCUT2D eigenvalue weighted by Gasteiger charge is 2.28. The van der Waals surface area contributed by atoms with Gasteiger partial charge in [-0.25, -0.2) is 19.5 Å². The standard InChI is InChI=1S/C21H19ClN4O4/c1-21(2,3)30-20(29)26(17-7-5-4-6-15(17)22)18-12-24-11-16(25-18)13-8-14(19(27)28)10-23-9-13/h4-12H,1-3H3,(H,27,28). The third-order valence-electron chi connectivity index (χ3n) is 3.80. The maximum atomic E-state index is 13.0. The Morgan fingerprint density at radius 2 is 1.77 bits per heavy atom. The van der Waals surface area contributed by atoms with E-state index in [1.54, 1.807) is 45.0 Å². The van der Waals surface area contributed by atoms with E-state index in [0.29, 0.717) is 22.0 Å². The molecule has 1 amide bonds. The van der Waals surface area contributed by atoms with Gasteiger partial charge in [0.15, 0.2) is 5.82 Å². The van der Waals surface area contributed by atoms with E-state index in [4.69, 9.17) is 16.3 Å². The van der Waals surface area contributed by atoms with Gasteiger partial charge < -0.3 is 9.84 Å². The van der Waals surface area contributed by atoms with Crippen LogP contribution in [-0.4, -0.2) is 37.7 Å². The van der Waals surface area contributed by atoms with Crippen LogP contribution in [0.25, 0.3) is 11.3 Å². The third-order valence-corrected chi connectivity index (χ3v) is 4.12. The first kappa shape index (κ1) is 21.2. The number of nitrogens with zero attached hydrogens (tertiary/aromatic N) is 4. The number of aromatic nitrogens is 3. The number of ether oxygens (including phenoxy) is 1. The van der Waals surface area contributed by atoms with Crippen LogP contribution in [0.3, 0.4) is 0 Å². The summed E-state index contributed by atoms with van der Waals surface area (Å²) >= 11 is 6.32. The molecule has 154 valence electrons. The van der Waals surface area contributed by atoms with Gasteiger partial charge in [0, 0.05) is 18.0 Å². The summed E-state index contributed by atoms with van der Waals surface area (Å²) in [5.74, 6) is -0.949. The quantitative estimate of drug-likeness (QED) is 0.628. The number of benzene rings is 1. The minimum absolute atomic E-state index is 0.00908. The molecule has 0 atom stereocenters. The lowest BCUT2D eigenvalue weighted by Gasteiger charge is -2.27. The summed E-state index contributed by atoms with van der Waals surface area (Å²) in [7, 11) is 0. The molecule has 30 heavy (non-hydrogen) atoms. The summed E-state index contributed by atoms with van der Waals surface area (Å²) in [6.07, 6.45) is 4.87. The highest BCUT2D eigenvalue weighted by Crippen LogP contribution is 2.33. The number of carbonyl (C=O) groups excluding carboxylic acids is 1. The summed E-state index contributed by atoms with van der Waals surface area (Å²) < 4.78 is 5.53. The number of carboxylic acid groups (broad SMARTS) is 1. The lowest BCUT2D eigenvalue weighted by atomic mass is 10.1. The maximum absolute atomic E-state index is 13.0. The van der Waals surface area contributed by atoms with E-state index in [9.17, 15) is 14.7 Å². The average Bonchev–Trinajstić information content (AvgIpc) is 2.69. The molecule has 0 aliphatic heterocycles. The molecule has 0 aliphatic rings. The van der Waals surface area contributed by atoms with Crippen LogP contribution in [-0.2, 0) is 4.74 Å². The van der Waals surface area contributed by atoms with Crippen LogP contribution in [0.2, 0.25) is 5.02 Å². The van der Waals surface area contributed by atoms with E-state index in [2.05, 4.69) is 15.0 Å². The Kier molecular flexibility index (Phi) is 5.98. The van der Waals surface area contributed by atoms with Crippen LogP contribution in [0.5, 0.6) is 0 Å². The van der Waals surface area contributed by atoms with Gasteiger partial charge in [-0.1, -0.05) is 23.7 Å². The maximum Gasteiger partial charge on any atom is 0.420 e. The number of aromatic carboxylic acids is 1. The Hall–Kier alpha value is -3.52. The smallest absolute Gasteiger partial charge is 0.420 e. The van der Waals surface area contributed by atoms with Gasteiger partial charge in [0.05, 0.1) is 34.4 Å². The van der Waals surface area contributed by atoms with E-state index in [1.807, 2.05) is 0 Å².